The van der Waals surface area contributed by atoms with Crippen molar-refractivity contribution in [1.29, 1.82) is 5.26 Å². The maximum atomic E-state index is 10.5. The first kappa shape index (κ1) is 16.9. The SMILES string of the molecule is N#Cc1ccccc1OCC1CCCCC1CCNS(=O)[O-]. The number of hydrogen-bond donors (Lipinski definition) is 1. The molecule has 2 rings (SSSR count). The van der Waals surface area contributed by atoms with E-state index in [1.165, 1.54) is 12.8 Å². The molecule has 0 amide bonds. The van der Waals surface area contributed by atoms with Crippen molar-refractivity contribution in [3.8, 4) is 11.8 Å². The van der Waals surface area contributed by atoms with Gasteiger partial charge in [0.05, 0.1) is 12.2 Å². The number of hydrogen-bond acceptors (Lipinski definition) is 4. The van der Waals surface area contributed by atoms with Crippen LogP contribution in [0.1, 0.15) is 37.7 Å². The molecule has 0 spiro atoms. The smallest absolute Gasteiger partial charge is 0.137 e. The van der Waals surface area contributed by atoms with Gasteiger partial charge in [-0.1, -0.05) is 31.4 Å². The fraction of sp³-hybridized carbons (Fsp3) is 0.562. The molecule has 1 aliphatic rings. The number of para-hydroxylation sites is 1. The molecule has 0 heterocycles. The third-order valence-electron chi connectivity index (χ3n) is 4.26. The van der Waals surface area contributed by atoms with Gasteiger partial charge in [0.1, 0.15) is 11.8 Å². The molecular weight excluding hydrogens is 300 g/mol. The summed E-state index contributed by atoms with van der Waals surface area (Å²) in [5.74, 6) is 1.52. The average Bonchev–Trinajstić information content (AvgIpc) is 2.54. The van der Waals surface area contributed by atoms with E-state index in [1.807, 2.05) is 18.2 Å². The summed E-state index contributed by atoms with van der Waals surface area (Å²) in [4.78, 5) is 0. The van der Waals surface area contributed by atoms with Crippen LogP contribution >= 0.6 is 0 Å². The van der Waals surface area contributed by atoms with Gasteiger partial charge in [0, 0.05) is 17.8 Å². The molecule has 3 atom stereocenters. The van der Waals surface area contributed by atoms with Gasteiger partial charge in [-0.05, 0) is 36.8 Å². The molecule has 1 aromatic rings. The minimum absolute atomic E-state index is 0.419. The van der Waals surface area contributed by atoms with Gasteiger partial charge in [-0.15, -0.1) is 0 Å². The van der Waals surface area contributed by atoms with Crippen LogP contribution in [0.3, 0.4) is 0 Å². The van der Waals surface area contributed by atoms with Gasteiger partial charge in [0.2, 0.25) is 0 Å². The van der Waals surface area contributed by atoms with E-state index < -0.39 is 11.3 Å². The Bertz CT molecular complexity index is 544. The molecule has 120 valence electrons. The van der Waals surface area contributed by atoms with Crippen molar-refractivity contribution in [2.45, 2.75) is 32.1 Å². The normalized spacial score (nSPS) is 22.7. The van der Waals surface area contributed by atoms with Crippen molar-refractivity contribution in [3.05, 3.63) is 29.8 Å². The molecule has 0 aliphatic heterocycles. The van der Waals surface area contributed by atoms with Gasteiger partial charge in [-0.3, -0.25) is 4.21 Å². The van der Waals surface area contributed by atoms with Gasteiger partial charge in [-0.2, -0.15) is 5.26 Å². The van der Waals surface area contributed by atoms with E-state index in [1.54, 1.807) is 6.07 Å². The van der Waals surface area contributed by atoms with Crippen LogP contribution in [0, 0.1) is 23.2 Å². The molecule has 6 heteroatoms. The van der Waals surface area contributed by atoms with Crippen LogP contribution in [0.15, 0.2) is 24.3 Å². The lowest BCUT2D eigenvalue weighted by Crippen LogP contribution is -2.29. The quantitative estimate of drug-likeness (QED) is 0.782. The van der Waals surface area contributed by atoms with Gasteiger partial charge >= 0.3 is 0 Å². The van der Waals surface area contributed by atoms with E-state index in [0.29, 0.717) is 36.3 Å². The number of nitrogens with zero attached hydrogens (tertiary/aromatic N) is 1. The minimum atomic E-state index is -2.19. The van der Waals surface area contributed by atoms with Gasteiger partial charge in [-0.25, -0.2) is 4.72 Å². The van der Waals surface area contributed by atoms with Crippen LogP contribution in [-0.4, -0.2) is 21.9 Å². The Balaban J connectivity index is 1.88. The summed E-state index contributed by atoms with van der Waals surface area (Å²) < 4.78 is 29.4. The Hall–Kier alpha value is -1.42. The minimum Gasteiger partial charge on any atom is -0.760 e. The molecule has 0 bridgehead atoms. The predicted octanol–water partition coefficient (Wildman–Crippen LogP) is 2.52. The highest BCUT2D eigenvalue weighted by molar-refractivity contribution is 7.77. The monoisotopic (exact) mass is 321 g/mol. The van der Waals surface area contributed by atoms with Crippen LogP contribution in [-0.2, 0) is 11.3 Å². The first-order chi connectivity index (χ1) is 10.7. The first-order valence-electron chi connectivity index (χ1n) is 7.65. The Morgan fingerprint density at radius 3 is 2.77 bits per heavy atom. The van der Waals surface area contributed by atoms with Crippen LogP contribution in [0.5, 0.6) is 5.75 Å². The summed E-state index contributed by atoms with van der Waals surface area (Å²) >= 11 is -2.19. The molecule has 1 aliphatic carbocycles. The van der Waals surface area contributed by atoms with Crippen LogP contribution in [0.2, 0.25) is 0 Å². The molecule has 5 nitrogen and oxygen atoms in total. The van der Waals surface area contributed by atoms with Crippen LogP contribution in [0.4, 0.5) is 0 Å². The highest BCUT2D eigenvalue weighted by Crippen LogP contribution is 2.33. The zero-order chi connectivity index (χ0) is 15.8. The molecule has 1 saturated carbocycles. The predicted molar refractivity (Wildman–Crippen MR) is 83.6 cm³/mol. The van der Waals surface area contributed by atoms with Crippen molar-refractivity contribution < 1.29 is 13.5 Å². The van der Waals surface area contributed by atoms with Crippen molar-refractivity contribution in [3.63, 3.8) is 0 Å². The van der Waals surface area contributed by atoms with Gasteiger partial charge in [0.15, 0.2) is 0 Å². The maximum Gasteiger partial charge on any atom is 0.137 e. The summed E-state index contributed by atoms with van der Waals surface area (Å²) in [7, 11) is 0. The summed E-state index contributed by atoms with van der Waals surface area (Å²) in [6.07, 6.45) is 5.42. The molecular formula is C16H21N2O3S-. The van der Waals surface area contributed by atoms with Crippen molar-refractivity contribution in [1.82, 2.24) is 4.72 Å². The van der Waals surface area contributed by atoms with E-state index >= 15 is 0 Å². The maximum absolute atomic E-state index is 10.5. The van der Waals surface area contributed by atoms with Crippen molar-refractivity contribution in [2.75, 3.05) is 13.2 Å². The number of nitrogens with one attached hydrogen (secondary N) is 1. The highest BCUT2D eigenvalue weighted by atomic mass is 32.2. The van der Waals surface area contributed by atoms with Gasteiger partial charge < -0.3 is 9.29 Å². The zero-order valence-corrected chi connectivity index (χ0v) is 13.3. The molecule has 1 N–H and O–H groups in total. The number of ether oxygens (including phenoxy) is 1. The van der Waals surface area contributed by atoms with Gasteiger partial charge in [0.25, 0.3) is 0 Å². The third kappa shape index (κ3) is 5.09. The largest absolute Gasteiger partial charge is 0.760 e. The first-order valence-corrected chi connectivity index (χ1v) is 8.73. The lowest BCUT2D eigenvalue weighted by Gasteiger charge is -2.31. The topological polar surface area (TPSA) is 85.2 Å². The van der Waals surface area contributed by atoms with E-state index in [4.69, 9.17) is 10.00 Å². The summed E-state index contributed by atoms with van der Waals surface area (Å²) in [5.41, 5.74) is 0.554. The van der Waals surface area contributed by atoms with Crippen molar-refractivity contribution in [2.24, 2.45) is 11.8 Å². The summed E-state index contributed by atoms with van der Waals surface area (Å²) in [6, 6.07) is 9.39. The molecule has 0 radical (unpaired) electrons. The second kappa shape index (κ2) is 8.89. The summed E-state index contributed by atoms with van der Waals surface area (Å²) in [5, 5.41) is 9.08. The Labute approximate surface area is 134 Å². The van der Waals surface area contributed by atoms with E-state index in [2.05, 4.69) is 10.8 Å². The second-order valence-corrected chi connectivity index (χ2v) is 6.40. The van der Waals surface area contributed by atoms with E-state index in [0.717, 1.165) is 19.3 Å². The molecule has 1 fully saturated rings. The lowest BCUT2D eigenvalue weighted by molar-refractivity contribution is 0.143. The fourth-order valence-electron chi connectivity index (χ4n) is 3.09. The lowest BCUT2D eigenvalue weighted by atomic mass is 9.78. The Morgan fingerprint density at radius 2 is 2.05 bits per heavy atom. The third-order valence-corrected chi connectivity index (χ3v) is 4.70. The van der Waals surface area contributed by atoms with E-state index in [-0.39, 0.29) is 0 Å². The second-order valence-electron chi connectivity index (χ2n) is 5.64. The standard InChI is InChI=1S/C16H22N2O3S/c17-11-14-6-3-4-8-16(14)21-12-15-7-2-1-5-13(15)9-10-18-22(19)20/h3-4,6,8,13,15,18H,1-2,5,7,9-10,12H2,(H,19,20)/p-1. The summed E-state index contributed by atoms with van der Waals surface area (Å²) in [6.45, 7) is 1.07. The average molecular weight is 321 g/mol. The highest BCUT2D eigenvalue weighted by Gasteiger charge is 2.25. The molecule has 0 saturated heterocycles. The van der Waals surface area contributed by atoms with Crippen molar-refractivity contribution >= 4 is 11.3 Å². The van der Waals surface area contributed by atoms with E-state index in [9.17, 15) is 8.76 Å². The molecule has 3 unspecified atom stereocenters. The molecule has 22 heavy (non-hydrogen) atoms. The van der Waals surface area contributed by atoms with Crippen LogP contribution in [0.25, 0.3) is 0 Å². The Kier molecular flexibility index (Phi) is 6.84. The number of nitriles is 1. The fourth-order valence-corrected chi connectivity index (χ4v) is 3.38. The van der Waals surface area contributed by atoms with Crippen LogP contribution < -0.4 is 9.46 Å². The number of benzene rings is 1. The molecule has 0 aromatic heterocycles. The molecule has 1 aromatic carbocycles. The Morgan fingerprint density at radius 1 is 1.32 bits per heavy atom. The zero-order valence-electron chi connectivity index (χ0n) is 12.5. The number of rotatable bonds is 7.